The number of hydrogen-bond donors (Lipinski definition) is 0. The summed E-state index contributed by atoms with van der Waals surface area (Å²) in [6, 6.07) is 13.6. The smallest absolute Gasteiger partial charge is 0.264 e. The van der Waals surface area contributed by atoms with Crippen LogP contribution >= 0.6 is 0 Å². The zero-order valence-corrected chi connectivity index (χ0v) is 16.9. The molecule has 0 aromatic heterocycles. The van der Waals surface area contributed by atoms with E-state index in [1.165, 1.54) is 11.4 Å². The van der Waals surface area contributed by atoms with Gasteiger partial charge in [-0.15, -0.1) is 0 Å². The first-order valence-corrected chi connectivity index (χ1v) is 10.7. The van der Waals surface area contributed by atoms with Crippen molar-refractivity contribution in [3.8, 4) is 0 Å². The number of sulfonamides is 1. The third-order valence-corrected chi connectivity index (χ3v) is 7.01. The molecule has 1 amide bonds. The Labute approximate surface area is 161 Å². The highest BCUT2D eigenvalue weighted by Crippen LogP contribution is 2.25. The Morgan fingerprint density at radius 1 is 1.07 bits per heavy atom. The van der Waals surface area contributed by atoms with Crippen LogP contribution in [-0.4, -0.2) is 39.4 Å². The van der Waals surface area contributed by atoms with Crippen molar-refractivity contribution in [2.45, 2.75) is 31.6 Å². The van der Waals surface area contributed by atoms with Crippen LogP contribution in [0.4, 0.5) is 5.69 Å². The van der Waals surface area contributed by atoms with E-state index in [4.69, 9.17) is 0 Å². The van der Waals surface area contributed by atoms with Crippen molar-refractivity contribution in [1.29, 1.82) is 0 Å². The Hall–Kier alpha value is -2.34. The third-order valence-electron chi connectivity index (χ3n) is 5.21. The van der Waals surface area contributed by atoms with E-state index in [2.05, 4.69) is 6.92 Å². The molecule has 0 saturated carbocycles. The number of likely N-dealkylation sites (tertiary alicyclic amines) is 1. The SMILES string of the molecule is Cc1ccc(S(=O)(=O)N(C)c2cccc(C(=O)N3CCC(C)CC3)c2)cc1. The van der Waals surface area contributed by atoms with Crippen molar-refractivity contribution in [3.63, 3.8) is 0 Å². The Kier molecular flexibility index (Phi) is 5.56. The molecule has 0 unspecified atom stereocenters. The topological polar surface area (TPSA) is 57.7 Å². The summed E-state index contributed by atoms with van der Waals surface area (Å²) >= 11 is 0. The van der Waals surface area contributed by atoms with Gasteiger partial charge in [-0.1, -0.05) is 30.7 Å². The highest BCUT2D eigenvalue weighted by Gasteiger charge is 2.24. The number of anilines is 1. The summed E-state index contributed by atoms with van der Waals surface area (Å²) in [5.74, 6) is 0.607. The quantitative estimate of drug-likeness (QED) is 0.805. The number of amides is 1. The van der Waals surface area contributed by atoms with E-state index in [9.17, 15) is 13.2 Å². The second-order valence-corrected chi connectivity index (χ2v) is 9.28. The number of aryl methyl sites for hydroxylation is 1. The van der Waals surface area contributed by atoms with Crippen LogP contribution in [0.1, 0.15) is 35.7 Å². The van der Waals surface area contributed by atoms with Gasteiger partial charge in [0.15, 0.2) is 0 Å². The second kappa shape index (κ2) is 7.72. The predicted molar refractivity (Wildman–Crippen MR) is 108 cm³/mol. The van der Waals surface area contributed by atoms with Crippen molar-refractivity contribution in [3.05, 3.63) is 59.7 Å². The lowest BCUT2D eigenvalue weighted by Crippen LogP contribution is -2.38. The van der Waals surface area contributed by atoms with Crippen molar-refractivity contribution in [2.24, 2.45) is 5.92 Å². The lowest BCUT2D eigenvalue weighted by molar-refractivity contribution is 0.0697. The molecule has 6 heteroatoms. The molecule has 0 atom stereocenters. The lowest BCUT2D eigenvalue weighted by Gasteiger charge is -2.30. The zero-order chi connectivity index (χ0) is 19.6. The first-order chi connectivity index (χ1) is 12.8. The van der Waals surface area contributed by atoms with Crippen molar-refractivity contribution >= 4 is 21.6 Å². The molecule has 1 aliphatic rings. The molecule has 3 rings (SSSR count). The minimum atomic E-state index is -3.67. The van der Waals surface area contributed by atoms with Crippen LogP contribution in [0.3, 0.4) is 0 Å². The first kappa shape index (κ1) is 19.4. The molecular formula is C21H26N2O3S. The standard InChI is InChI=1S/C21H26N2O3S/c1-16-7-9-20(10-8-16)27(25,26)22(3)19-6-4-5-18(15-19)21(24)23-13-11-17(2)12-14-23/h4-10,15,17H,11-14H2,1-3H3. The van der Waals surface area contributed by atoms with E-state index in [1.54, 1.807) is 48.5 Å². The summed E-state index contributed by atoms with van der Waals surface area (Å²) < 4.78 is 27.0. The molecule has 1 heterocycles. The Bertz CT molecular complexity index is 915. The maximum Gasteiger partial charge on any atom is 0.264 e. The average molecular weight is 387 g/mol. The van der Waals surface area contributed by atoms with Gasteiger partial charge in [0, 0.05) is 25.7 Å². The predicted octanol–water partition coefficient (Wildman–Crippen LogP) is 3.69. The summed E-state index contributed by atoms with van der Waals surface area (Å²) in [7, 11) is -2.16. The lowest BCUT2D eigenvalue weighted by atomic mass is 9.98. The Balaban J connectivity index is 1.84. The second-order valence-electron chi connectivity index (χ2n) is 7.31. The van der Waals surface area contributed by atoms with E-state index in [-0.39, 0.29) is 10.8 Å². The number of piperidine rings is 1. The number of carbonyl (C=O) groups excluding carboxylic acids is 1. The summed E-state index contributed by atoms with van der Waals surface area (Å²) in [6.07, 6.45) is 2.01. The molecule has 2 aromatic rings. The minimum Gasteiger partial charge on any atom is -0.339 e. The molecule has 1 fully saturated rings. The molecule has 2 aromatic carbocycles. The van der Waals surface area contributed by atoms with Crippen molar-refractivity contribution in [2.75, 3.05) is 24.4 Å². The molecule has 0 aliphatic carbocycles. The fourth-order valence-electron chi connectivity index (χ4n) is 3.24. The molecule has 0 N–H and O–H groups in total. The van der Waals surface area contributed by atoms with Gasteiger partial charge in [-0.25, -0.2) is 8.42 Å². The molecule has 0 bridgehead atoms. The van der Waals surface area contributed by atoms with Crippen LogP contribution in [0, 0.1) is 12.8 Å². The van der Waals surface area contributed by atoms with E-state index in [0.29, 0.717) is 17.2 Å². The monoisotopic (exact) mass is 386 g/mol. The van der Waals surface area contributed by atoms with Gasteiger partial charge in [0.25, 0.3) is 15.9 Å². The highest BCUT2D eigenvalue weighted by molar-refractivity contribution is 7.92. The molecule has 5 nitrogen and oxygen atoms in total. The van der Waals surface area contributed by atoms with Crippen molar-refractivity contribution < 1.29 is 13.2 Å². The highest BCUT2D eigenvalue weighted by atomic mass is 32.2. The molecule has 27 heavy (non-hydrogen) atoms. The van der Waals surface area contributed by atoms with E-state index in [0.717, 1.165) is 31.5 Å². The molecule has 1 aliphatic heterocycles. The minimum absolute atomic E-state index is 0.0371. The number of carbonyl (C=O) groups is 1. The number of rotatable bonds is 4. The summed E-state index contributed by atoms with van der Waals surface area (Å²) in [5.41, 5.74) is 2.00. The van der Waals surface area contributed by atoms with Crippen LogP contribution in [-0.2, 0) is 10.0 Å². The normalized spacial score (nSPS) is 15.6. The van der Waals surface area contributed by atoms with E-state index >= 15 is 0 Å². The van der Waals surface area contributed by atoms with E-state index < -0.39 is 10.0 Å². The summed E-state index contributed by atoms with van der Waals surface area (Å²) in [4.78, 5) is 14.9. The van der Waals surface area contributed by atoms with Gasteiger partial charge in [-0.3, -0.25) is 9.10 Å². The van der Waals surface area contributed by atoms with Gasteiger partial charge in [-0.2, -0.15) is 0 Å². The zero-order valence-electron chi connectivity index (χ0n) is 16.1. The third kappa shape index (κ3) is 4.16. The average Bonchev–Trinajstić information content (AvgIpc) is 2.68. The fraction of sp³-hybridized carbons (Fsp3) is 0.381. The Morgan fingerprint density at radius 2 is 1.70 bits per heavy atom. The number of nitrogens with zero attached hydrogens (tertiary/aromatic N) is 2. The van der Waals surface area contributed by atoms with Gasteiger partial charge < -0.3 is 4.90 Å². The molecule has 144 valence electrons. The van der Waals surface area contributed by atoms with Crippen LogP contribution in [0.25, 0.3) is 0 Å². The van der Waals surface area contributed by atoms with Crippen LogP contribution in [0.15, 0.2) is 53.4 Å². The first-order valence-electron chi connectivity index (χ1n) is 9.24. The van der Waals surface area contributed by atoms with Gasteiger partial charge in [-0.05, 0) is 56.0 Å². The van der Waals surface area contributed by atoms with Gasteiger partial charge in [0.2, 0.25) is 0 Å². The summed E-state index contributed by atoms with van der Waals surface area (Å²) in [5, 5.41) is 0. The largest absolute Gasteiger partial charge is 0.339 e. The molecule has 1 saturated heterocycles. The van der Waals surface area contributed by atoms with Gasteiger partial charge >= 0.3 is 0 Å². The van der Waals surface area contributed by atoms with Crippen LogP contribution in [0.5, 0.6) is 0 Å². The van der Waals surface area contributed by atoms with Gasteiger partial charge in [0.1, 0.15) is 0 Å². The van der Waals surface area contributed by atoms with E-state index in [1.807, 2.05) is 11.8 Å². The van der Waals surface area contributed by atoms with Crippen molar-refractivity contribution in [1.82, 2.24) is 4.90 Å². The Morgan fingerprint density at radius 3 is 2.33 bits per heavy atom. The maximum atomic E-state index is 12.9. The maximum absolute atomic E-state index is 12.9. The number of hydrogen-bond acceptors (Lipinski definition) is 3. The molecular weight excluding hydrogens is 360 g/mol. The molecule has 0 spiro atoms. The van der Waals surface area contributed by atoms with Gasteiger partial charge in [0.05, 0.1) is 10.6 Å². The van der Waals surface area contributed by atoms with Crippen LogP contribution in [0.2, 0.25) is 0 Å². The number of benzene rings is 2. The molecule has 0 radical (unpaired) electrons. The fourth-order valence-corrected chi connectivity index (χ4v) is 4.42. The summed E-state index contributed by atoms with van der Waals surface area (Å²) in [6.45, 7) is 5.62. The van der Waals surface area contributed by atoms with Crippen LogP contribution < -0.4 is 4.31 Å².